The zero-order chi connectivity index (χ0) is 20.0. The van der Waals surface area contributed by atoms with Crippen LogP contribution in [0.25, 0.3) is 22.0 Å². The Bertz CT molecular complexity index is 1070. The van der Waals surface area contributed by atoms with Crippen LogP contribution in [0.3, 0.4) is 0 Å². The number of likely N-dealkylation sites (tertiary alicyclic amines) is 1. The number of carbonyl (C=O) groups is 1. The van der Waals surface area contributed by atoms with E-state index in [1.165, 1.54) is 0 Å². The Kier molecular flexibility index (Phi) is 4.31. The molecule has 0 radical (unpaired) electrons. The zero-order valence-corrected chi connectivity index (χ0v) is 16.3. The highest BCUT2D eigenvalue weighted by Gasteiger charge is 2.53. The van der Waals surface area contributed by atoms with Gasteiger partial charge in [-0.2, -0.15) is 5.10 Å². The van der Waals surface area contributed by atoms with E-state index in [0.717, 1.165) is 48.0 Å². The number of alkyl halides is 1. The van der Waals surface area contributed by atoms with Crippen molar-refractivity contribution >= 4 is 22.5 Å². The molecule has 4 heterocycles. The van der Waals surface area contributed by atoms with Crippen molar-refractivity contribution < 1.29 is 9.18 Å². The molecule has 3 aromatic heterocycles. The Morgan fingerprint density at radius 1 is 1.21 bits per heavy atom. The Balaban J connectivity index is 1.25. The van der Waals surface area contributed by atoms with Crippen molar-refractivity contribution in [3.63, 3.8) is 0 Å². The highest BCUT2D eigenvalue weighted by atomic mass is 19.1. The lowest BCUT2D eigenvalue weighted by molar-refractivity contribution is -0.139. The highest BCUT2D eigenvalue weighted by molar-refractivity contribution is 5.95. The molecule has 1 amide bonds. The molecule has 1 N–H and O–H groups in total. The van der Waals surface area contributed by atoms with Crippen molar-refractivity contribution in [1.82, 2.24) is 24.6 Å². The molecule has 1 saturated carbocycles. The monoisotopic (exact) mass is 394 g/mol. The maximum absolute atomic E-state index is 12.6. The van der Waals surface area contributed by atoms with Gasteiger partial charge in [-0.15, -0.1) is 0 Å². The van der Waals surface area contributed by atoms with Gasteiger partial charge in [-0.1, -0.05) is 0 Å². The largest absolute Gasteiger partial charge is 0.310 e. The molecule has 8 heteroatoms. The summed E-state index contributed by atoms with van der Waals surface area (Å²) < 4.78 is 14.1. The maximum atomic E-state index is 12.6. The van der Waals surface area contributed by atoms with Gasteiger partial charge in [-0.3, -0.25) is 19.4 Å². The van der Waals surface area contributed by atoms with Gasteiger partial charge >= 0.3 is 0 Å². The predicted octanol–water partition coefficient (Wildman–Crippen LogP) is 2.65. The number of nitrogens with one attached hydrogen (secondary N) is 1. The van der Waals surface area contributed by atoms with Crippen LogP contribution in [0.2, 0.25) is 0 Å². The maximum Gasteiger partial charge on any atom is 0.228 e. The lowest BCUT2D eigenvalue weighted by Gasteiger charge is -2.58. The molecular formula is C21H23FN6O. The Morgan fingerprint density at radius 3 is 2.72 bits per heavy atom. The minimum atomic E-state index is -0.300. The van der Waals surface area contributed by atoms with Crippen LogP contribution >= 0.6 is 0 Å². The van der Waals surface area contributed by atoms with Crippen molar-refractivity contribution in [3.05, 3.63) is 36.9 Å². The first kappa shape index (κ1) is 18.2. The number of aromatic nitrogens is 4. The summed E-state index contributed by atoms with van der Waals surface area (Å²) in [6.07, 6.45) is 8.97. The lowest BCUT2D eigenvalue weighted by atomic mass is 9.57. The number of anilines is 1. The van der Waals surface area contributed by atoms with E-state index in [1.807, 2.05) is 25.4 Å². The summed E-state index contributed by atoms with van der Waals surface area (Å²) in [7, 11) is 1.87. The number of hydrogen-bond acceptors (Lipinski definition) is 5. The molecule has 2 aliphatic rings. The van der Waals surface area contributed by atoms with Gasteiger partial charge < -0.3 is 5.32 Å². The molecule has 7 nitrogen and oxygen atoms in total. The van der Waals surface area contributed by atoms with Gasteiger partial charge in [0, 0.05) is 62.1 Å². The first-order valence-corrected chi connectivity index (χ1v) is 9.88. The second-order valence-corrected chi connectivity index (χ2v) is 8.38. The van der Waals surface area contributed by atoms with Crippen LogP contribution < -0.4 is 5.32 Å². The van der Waals surface area contributed by atoms with Crippen LogP contribution in [0, 0.1) is 11.3 Å². The van der Waals surface area contributed by atoms with Crippen LogP contribution in [0.4, 0.5) is 10.2 Å². The van der Waals surface area contributed by atoms with Gasteiger partial charge in [-0.05, 0) is 35.8 Å². The Labute approximate surface area is 167 Å². The van der Waals surface area contributed by atoms with E-state index in [4.69, 9.17) is 0 Å². The van der Waals surface area contributed by atoms with Crippen LogP contribution in [0.15, 0.2) is 36.9 Å². The average molecular weight is 394 g/mol. The molecule has 0 bridgehead atoms. The number of amides is 1. The summed E-state index contributed by atoms with van der Waals surface area (Å²) in [6.45, 7) is 2.04. The van der Waals surface area contributed by atoms with E-state index < -0.39 is 0 Å². The molecule has 0 atom stereocenters. The minimum absolute atomic E-state index is 0.0171. The van der Waals surface area contributed by atoms with Gasteiger partial charge in [0.1, 0.15) is 12.5 Å². The van der Waals surface area contributed by atoms with E-state index >= 15 is 0 Å². The number of carbonyl (C=O) groups excluding carboxylic acids is 1. The smallest absolute Gasteiger partial charge is 0.228 e. The van der Waals surface area contributed by atoms with E-state index in [1.54, 1.807) is 23.3 Å². The standard InChI is InChI=1S/C21H23FN6O/c1-27-11-17(10-25-27)18-4-14-5-19(24-9-16(14)8-23-18)26-20(29)15-6-21(7-15)12-28(13-21)3-2-22/h4-5,8-11,15H,2-3,6-7,12-13H2,1H3,(H,24,26,29). The fourth-order valence-corrected chi connectivity index (χ4v) is 4.66. The molecule has 0 unspecified atom stereocenters. The van der Waals surface area contributed by atoms with Crippen LogP contribution in [0.1, 0.15) is 12.8 Å². The zero-order valence-electron chi connectivity index (χ0n) is 16.3. The third-order valence-corrected chi connectivity index (χ3v) is 6.10. The first-order chi connectivity index (χ1) is 14.0. The molecule has 150 valence electrons. The number of halogens is 1. The molecule has 1 aliphatic carbocycles. The predicted molar refractivity (Wildman–Crippen MR) is 108 cm³/mol. The Morgan fingerprint density at radius 2 is 2.00 bits per heavy atom. The molecule has 3 aromatic rings. The number of rotatable bonds is 5. The number of hydrogen-bond donors (Lipinski definition) is 1. The van der Waals surface area contributed by atoms with Gasteiger partial charge in [0.25, 0.3) is 0 Å². The van der Waals surface area contributed by atoms with Crippen molar-refractivity contribution in [1.29, 1.82) is 0 Å². The fourth-order valence-electron chi connectivity index (χ4n) is 4.66. The van der Waals surface area contributed by atoms with E-state index in [0.29, 0.717) is 12.4 Å². The molecule has 1 saturated heterocycles. The van der Waals surface area contributed by atoms with Crippen molar-refractivity contribution in [2.24, 2.45) is 18.4 Å². The molecule has 2 fully saturated rings. The average Bonchev–Trinajstić information content (AvgIpc) is 3.08. The van der Waals surface area contributed by atoms with Crippen LogP contribution in [-0.2, 0) is 11.8 Å². The summed E-state index contributed by atoms with van der Waals surface area (Å²) in [4.78, 5) is 23.6. The van der Waals surface area contributed by atoms with E-state index in [-0.39, 0.29) is 23.9 Å². The van der Waals surface area contributed by atoms with Gasteiger partial charge in [0.15, 0.2) is 0 Å². The minimum Gasteiger partial charge on any atom is -0.310 e. The summed E-state index contributed by atoms with van der Waals surface area (Å²) in [5, 5.41) is 9.04. The Hall–Kier alpha value is -2.87. The van der Waals surface area contributed by atoms with Crippen molar-refractivity contribution in [3.8, 4) is 11.3 Å². The molecule has 1 spiro atoms. The number of pyridine rings is 2. The van der Waals surface area contributed by atoms with E-state index in [2.05, 4.69) is 25.3 Å². The third-order valence-electron chi connectivity index (χ3n) is 6.10. The van der Waals surface area contributed by atoms with Crippen LogP contribution in [-0.4, -0.2) is 56.9 Å². The van der Waals surface area contributed by atoms with Crippen molar-refractivity contribution in [2.45, 2.75) is 12.8 Å². The fraction of sp³-hybridized carbons (Fsp3) is 0.429. The highest BCUT2D eigenvalue weighted by Crippen LogP contribution is 2.52. The number of aryl methyl sites for hydroxylation is 1. The third kappa shape index (κ3) is 3.37. The first-order valence-electron chi connectivity index (χ1n) is 9.88. The van der Waals surface area contributed by atoms with Gasteiger partial charge in [0.2, 0.25) is 5.91 Å². The topological polar surface area (TPSA) is 75.9 Å². The molecule has 1 aliphatic heterocycles. The van der Waals surface area contributed by atoms with Gasteiger partial charge in [-0.25, -0.2) is 9.37 Å². The quantitative estimate of drug-likeness (QED) is 0.720. The summed E-state index contributed by atoms with van der Waals surface area (Å²) in [5.41, 5.74) is 2.01. The molecule has 0 aromatic carbocycles. The summed E-state index contributed by atoms with van der Waals surface area (Å²) in [5.74, 6) is 0.593. The molecule has 5 rings (SSSR count). The number of nitrogens with zero attached hydrogens (tertiary/aromatic N) is 5. The number of fused-ring (bicyclic) bond motifs is 1. The summed E-state index contributed by atoms with van der Waals surface area (Å²) >= 11 is 0. The second kappa shape index (κ2) is 6.88. The lowest BCUT2D eigenvalue weighted by Crippen LogP contribution is -2.63. The normalized spacial score (nSPS) is 18.6. The molecular weight excluding hydrogens is 371 g/mol. The SMILES string of the molecule is Cn1cc(-c2cc3cc(NC(=O)C4CC5(C4)CN(CCF)C5)ncc3cn2)cn1. The molecule has 29 heavy (non-hydrogen) atoms. The summed E-state index contributed by atoms with van der Waals surface area (Å²) in [6, 6.07) is 3.87. The van der Waals surface area contributed by atoms with Crippen LogP contribution in [0.5, 0.6) is 0 Å². The van der Waals surface area contributed by atoms with Gasteiger partial charge in [0.05, 0.1) is 11.9 Å². The van der Waals surface area contributed by atoms with Crippen molar-refractivity contribution in [2.75, 3.05) is 31.6 Å². The second-order valence-electron chi connectivity index (χ2n) is 8.38. The van der Waals surface area contributed by atoms with E-state index in [9.17, 15) is 9.18 Å².